The minimum atomic E-state index is 0.00670. The first-order valence-corrected chi connectivity index (χ1v) is 4.78. The predicted octanol–water partition coefficient (Wildman–Crippen LogP) is 0.654. The number of amides is 1. The van der Waals surface area contributed by atoms with Crippen LogP contribution in [0.2, 0.25) is 5.28 Å². The highest BCUT2D eigenvalue weighted by atomic mass is 35.5. The Bertz CT molecular complexity index is 356. The molecule has 1 amide bonds. The Balaban J connectivity index is 2.69. The fourth-order valence-corrected chi connectivity index (χ4v) is 1.11. The number of halogens is 1. The van der Waals surface area contributed by atoms with Crippen LogP contribution in [-0.4, -0.2) is 48.5 Å². The molecule has 0 saturated carbocycles. The zero-order valence-electron chi connectivity index (χ0n) is 8.94. The Labute approximate surface area is 93.7 Å². The maximum atomic E-state index is 11.4. The lowest BCUT2D eigenvalue weighted by atomic mass is 10.4. The highest BCUT2D eigenvalue weighted by Gasteiger charge is 2.10. The summed E-state index contributed by atoms with van der Waals surface area (Å²) in [6, 6.07) is 1.70. The van der Waals surface area contributed by atoms with Crippen LogP contribution in [0.25, 0.3) is 0 Å². The van der Waals surface area contributed by atoms with Crippen LogP contribution in [0, 0.1) is 0 Å². The molecular weight excluding hydrogens is 216 g/mol. The van der Waals surface area contributed by atoms with Gasteiger partial charge in [-0.15, -0.1) is 0 Å². The number of anilines is 1. The normalized spacial score (nSPS) is 9.87. The highest BCUT2D eigenvalue weighted by Crippen LogP contribution is 2.10. The first-order valence-electron chi connectivity index (χ1n) is 4.40. The molecule has 0 aliphatic carbocycles. The van der Waals surface area contributed by atoms with Crippen molar-refractivity contribution in [3.63, 3.8) is 0 Å². The minimum absolute atomic E-state index is 0.00670. The van der Waals surface area contributed by atoms with Gasteiger partial charge in [0.2, 0.25) is 11.2 Å². The fraction of sp³-hybridized carbons (Fsp3) is 0.444. The monoisotopic (exact) mass is 228 g/mol. The first-order chi connectivity index (χ1) is 7.00. The molecule has 1 rings (SSSR count). The van der Waals surface area contributed by atoms with Gasteiger partial charge in [0.25, 0.3) is 0 Å². The van der Waals surface area contributed by atoms with Crippen LogP contribution in [-0.2, 0) is 4.79 Å². The number of aromatic nitrogens is 2. The van der Waals surface area contributed by atoms with E-state index < -0.39 is 0 Å². The van der Waals surface area contributed by atoms with E-state index in [-0.39, 0.29) is 17.7 Å². The summed E-state index contributed by atoms with van der Waals surface area (Å²) in [5, 5.41) is 0.177. The van der Waals surface area contributed by atoms with E-state index in [9.17, 15) is 4.79 Å². The van der Waals surface area contributed by atoms with Crippen molar-refractivity contribution in [2.45, 2.75) is 0 Å². The van der Waals surface area contributed by atoms with Crippen molar-refractivity contribution < 1.29 is 4.79 Å². The maximum absolute atomic E-state index is 11.4. The van der Waals surface area contributed by atoms with Crippen molar-refractivity contribution in [3.05, 3.63) is 17.5 Å². The largest absolute Gasteiger partial charge is 0.350 e. The molecule has 15 heavy (non-hydrogen) atoms. The third-order valence-corrected chi connectivity index (χ3v) is 2.06. The van der Waals surface area contributed by atoms with Crippen molar-refractivity contribution in [1.82, 2.24) is 14.9 Å². The smallest absolute Gasteiger partial charge is 0.241 e. The topological polar surface area (TPSA) is 49.3 Å². The molecule has 0 spiro atoms. The summed E-state index contributed by atoms with van der Waals surface area (Å²) in [5.41, 5.74) is 0. The molecule has 1 aromatic rings. The molecule has 0 aliphatic rings. The minimum Gasteiger partial charge on any atom is -0.350 e. The first kappa shape index (κ1) is 11.7. The summed E-state index contributed by atoms with van der Waals surface area (Å²) in [4.78, 5) is 22.4. The van der Waals surface area contributed by atoms with Crippen molar-refractivity contribution in [1.29, 1.82) is 0 Å². The van der Waals surface area contributed by atoms with Crippen LogP contribution in [0.15, 0.2) is 12.3 Å². The lowest BCUT2D eigenvalue weighted by Crippen LogP contribution is -2.34. The summed E-state index contributed by atoms with van der Waals surface area (Å²) >= 11 is 5.64. The number of carbonyl (C=O) groups is 1. The van der Waals surface area contributed by atoms with E-state index in [1.54, 1.807) is 38.3 Å². The molecule has 82 valence electrons. The van der Waals surface area contributed by atoms with Gasteiger partial charge in [0.1, 0.15) is 5.82 Å². The molecule has 0 saturated heterocycles. The van der Waals surface area contributed by atoms with Crippen LogP contribution in [0.5, 0.6) is 0 Å². The molecule has 1 heterocycles. The second-order valence-electron chi connectivity index (χ2n) is 3.33. The average Bonchev–Trinajstić information content (AvgIpc) is 2.17. The molecule has 0 bridgehead atoms. The summed E-state index contributed by atoms with van der Waals surface area (Å²) in [7, 11) is 5.20. The Kier molecular flexibility index (Phi) is 3.85. The molecule has 6 heteroatoms. The third kappa shape index (κ3) is 3.36. The standard InChI is InChI=1S/C9H13ClN4O/c1-13(2)8(15)6-14(3)7-4-5-11-9(10)12-7/h4-5H,6H2,1-3H3. The fourth-order valence-electron chi connectivity index (χ4n) is 0.964. The zero-order chi connectivity index (χ0) is 11.4. The van der Waals surface area contributed by atoms with Crippen LogP contribution < -0.4 is 4.90 Å². The van der Waals surface area contributed by atoms with Gasteiger partial charge < -0.3 is 9.80 Å². The van der Waals surface area contributed by atoms with E-state index >= 15 is 0 Å². The number of hydrogen-bond donors (Lipinski definition) is 0. The molecular formula is C9H13ClN4O. The van der Waals surface area contributed by atoms with Gasteiger partial charge in [0.15, 0.2) is 0 Å². The molecule has 0 unspecified atom stereocenters. The average molecular weight is 229 g/mol. The number of likely N-dealkylation sites (N-methyl/N-ethyl adjacent to an activating group) is 2. The highest BCUT2D eigenvalue weighted by molar-refractivity contribution is 6.28. The van der Waals surface area contributed by atoms with Crippen LogP contribution in [0.4, 0.5) is 5.82 Å². The van der Waals surface area contributed by atoms with Gasteiger partial charge in [0, 0.05) is 27.3 Å². The van der Waals surface area contributed by atoms with Crippen molar-refractivity contribution in [3.8, 4) is 0 Å². The van der Waals surface area contributed by atoms with Gasteiger partial charge in [-0.2, -0.15) is 0 Å². The molecule has 1 aromatic heterocycles. The summed E-state index contributed by atoms with van der Waals surface area (Å²) in [6.45, 7) is 0.264. The van der Waals surface area contributed by atoms with Gasteiger partial charge in [-0.1, -0.05) is 0 Å². The Morgan fingerprint density at radius 1 is 1.47 bits per heavy atom. The molecule has 0 aliphatic heterocycles. The maximum Gasteiger partial charge on any atom is 0.241 e. The zero-order valence-corrected chi connectivity index (χ0v) is 9.69. The molecule has 0 radical (unpaired) electrons. The number of rotatable bonds is 3. The second kappa shape index (κ2) is 4.93. The van der Waals surface area contributed by atoms with Crippen molar-refractivity contribution in [2.24, 2.45) is 0 Å². The molecule has 0 fully saturated rings. The molecule has 0 atom stereocenters. The Hall–Kier alpha value is -1.36. The summed E-state index contributed by atoms with van der Waals surface area (Å²) in [5.74, 6) is 0.637. The van der Waals surface area contributed by atoms with Crippen LogP contribution in [0.1, 0.15) is 0 Å². The number of carbonyl (C=O) groups excluding carboxylic acids is 1. The van der Waals surface area contributed by atoms with Gasteiger partial charge >= 0.3 is 0 Å². The second-order valence-corrected chi connectivity index (χ2v) is 3.67. The summed E-state index contributed by atoms with van der Waals surface area (Å²) in [6.07, 6.45) is 1.56. The quantitative estimate of drug-likeness (QED) is 0.713. The van der Waals surface area contributed by atoms with Crippen LogP contribution in [0.3, 0.4) is 0 Å². The van der Waals surface area contributed by atoms with E-state index in [0.717, 1.165) is 0 Å². The Morgan fingerprint density at radius 2 is 2.13 bits per heavy atom. The van der Waals surface area contributed by atoms with E-state index in [1.807, 2.05) is 0 Å². The third-order valence-electron chi connectivity index (χ3n) is 1.87. The van der Waals surface area contributed by atoms with Crippen molar-refractivity contribution >= 4 is 23.3 Å². The summed E-state index contributed by atoms with van der Waals surface area (Å²) < 4.78 is 0. The lowest BCUT2D eigenvalue weighted by Gasteiger charge is -2.19. The van der Waals surface area contributed by atoms with Gasteiger partial charge in [-0.3, -0.25) is 4.79 Å². The SMILES string of the molecule is CN(C)C(=O)CN(C)c1ccnc(Cl)n1. The predicted molar refractivity (Wildman–Crippen MR) is 59.0 cm³/mol. The molecule has 0 N–H and O–H groups in total. The molecule has 0 aromatic carbocycles. The van der Waals surface area contributed by atoms with E-state index in [2.05, 4.69) is 9.97 Å². The Morgan fingerprint density at radius 3 is 2.67 bits per heavy atom. The van der Waals surface area contributed by atoms with E-state index in [4.69, 9.17) is 11.6 Å². The van der Waals surface area contributed by atoms with Gasteiger partial charge in [-0.25, -0.2) is 9.97 Å². The van der Waals surface area contributed by atoms with Gasteiger partial charge in [0.05, 0.1) is 6.54 Å². The van der Waals surface area contributed by atoms with E-state index in [0.29, 0.717) is 5.82 Å². The number of hydrogen-bond acceptors (Lipinski definition) is 4. The number of nitrogens with zero attached hydrogens (tertiary/aromatic N) is 4. The van der Waals surface area contributed by atoms with Crippen LogP contribution >= 0.6 is 11.6 Å². The van der Waals surface area contributed by atoms with E-state index in [1.165, 1.54) is 4.90 Å². The molecule has 5 nitrogen and oxygen atoms in total. The lowest BCUT2D eigenvalue weighted by molar-refractivity contribution is -0.127. The van der Waals surface area contributed by atoms with Crippen molar-refractivity contribution in [2.75, 3.05) is 32.6 Å². The van der Waals surface area contributed by atoms with Gasteiger partial charge in [-0.05, 0) is 17.7 Å².